The molecule has 0 atom stereocenters. The van der Waals surface area contributed by atoms with Gasteiger partial charge in [-0.1, -0.05) is 86.2 Å². The number of aromatic nitrogens is 2. The SMILES string of the molecule is CCB(CC)n1c2ccc(C(C)(C)C)cc2c2cc(C(C)(C)C)cc(-c3nc4ccccc4s3)c21. The highest BCUT2D eigenvalue weighted by Crippen LogP contribution is 2.43. The van der Waals surface area contributed by atoms with Crippen molar-refractivity contribution in [3.8, 4) is 10.6 Å². The molecule has 0 aliphatic heterocycles. The summed E-state index contributed by atoms with van der Waals surface area (Å²) in [6.07, 6.45) is 2.22. The molecule has 5 aromatic rings. The van der Waals surface area contributed by atoms with Crippen LogP contribution in [0.15, 0.2) is 54.6 Å². The Kier molecular flexibility index (Phi) is 5.87. The fourth-order valence-electron chi connectivity index (χ4n) is 5.26. The van der Waals surface area contributed by atoms with Crippen LogP contribution in [0.3, 0.4) is 0 Å². The first-order valence-corrected chi connectivity index (χ1v) is 13.8. The van der Waals surface area contributed by atoms with Gasteiger partial charge in [0.25, 0.3) is 6.85 Å². The average molecular weight is 481 g/mol. The molecule has 180 valence electrons. The number of rotatable bonds is 4. The number of benzene rings is 3. The van der Waals surface area contributed by atoms with Crippen molar-refractivity contribution in [2.24, 2.45) is 0 Å². The van der Waals surface area contributed by atoms with Gasteiger partial charge in [0, 0.05) is 27.4 Å². The van der Waals surface area contributed by atoms with Crippen LogP contribution in [0.2, 0.25) is 12.6 Å². The van der Waals surface area contributed by atoms with Crippen LogP contribution in [0.25, 0.3) is 42.6 Å². The van der Waals surface area contributed by atoms with Crippen molar-refractivity contribution in [1.82, 2.24) is 9.46 Å². The van der Waals surface area contributed by atoms with Crippen LogP contribution in [0.1, 0.15) is 66.5 Å². The predicted octanol–water partition coefficient (Wildman–Crippen LogP) is 9.55. The Morgan fingerprint density at radius 2 is 1.46 bits per heavy atom. The maximum absolute atomic E-state index is 5.14. The number of fused-ring (bicyclic) bond motifs is 4. The number of hydrogen-bond acceptors (Lipinski definition) is 2. The lowest BCUT2D eigenvalue weighted by Gasteiger charge is -2.22. The first kappa shape index (κ1) is 24.1. The first-order chi connectivity index (χ1) is 16.5. The molecule has 0 spiro atoms. The van der Waals surface area contributed by atoms with Crippen molar-refractivity contribution in [3.63, 3.8) is 0 Å². The molecule has 0 fully saturated rings. The third-order valence-corrected chi connectivity index (χ3v) is 8.53. The van der Waals surface area contributed by atoms with Gasteiger partial charge < -0.3 is 4.48 Å². The maximum atomic E-state index is 5.14. The van der Waals surface area contributed by atoms with E-state index in [4.69, 9.17) is 4.98 Å². The van der Waals surface area contributed by atoms with Crippen molar-refractivity contribution >= 4 is 50.2 Å². The van der Waals surface area contributed by atoms with Gasteiger partial charge >= 0.3 is 0 Å². The highest BCUT2D eigenvalue weighted by molar-refractivity contribution is 7.21. The van der Waals surface area contributed by atoms with Gasteiger partial charge in [-0.15, -0.1) is 11.3 Å². The van der Waals surface area contributed by atoms with Gasteiger partial charge in [0.2, 0.25) is 0 Å². The second-order valence-electron chi connectivity index (χ2n) is 12.0. The standard InChI is InChI=1S/C31H37BN2S/c1-9-32(10-2)34-26-16-15-20(30(3,4)5)17-22(26)23-18-21(31(6,7)8)19-24(28(23)34)29-33-25-13-11-12-14-27(25)35-29/h11-19H,9-10H2,1-8H3. The summed E-state index contributed by atoms with van der Waals surface area (Å²) >= 11 is 1.81. The number of hydrogen-bond donors (Lipinski definition) is 0. The molecule has 0 amide bonds. The second-order valence-corrected chi connectivity index (χ2v) is 13.0. The monoisotopic (exact) mass is 480 g/mol. The Morgan fingerprint density at radius 3 is 2.09 bits per heavy atom. The Morgan fingerprint density at radius 1 is 0.800 bits per heavy atom. The third kappa shape index (κ3) is 4.10. The largest absolute Gasteiger partial charge is 0.385 e. The summed E-state index contributed by atoms with van der Waals surface area (Å²) in [5, 5.41) is 3.85. The van der Waals surface area contributed by atoms with Crippen LogP contribution >= 0.6 is 11.3 Å². The van der Waals surface area contributed by atoms with Gasteiger partial charge in [-0.2, -0.15) is 0 Å². The van der Waals surface area contributed by atoms with Crippen LogP contribution in [-0.4, -0.2) is 16.3 Å². The van der Waals surface area contributed by atoms with Crippen LogP contribution < -0.4 is 0 Å². The van der Waals surface area contributed by atoms with Crippen LogP contribution in [0.4, 0.5) is 0 Å². The zero-order chi connectivity index (χ0) is 25.1. The topological polar surface area (TPSA) is 17.8 Å². The van der Waals surface area contributed by atoms with E-state index in [1.54, 1.807) is 0 Å². The van der Waals surface area contributed by atoms with Gasteiger partial charge in [-0.05, 0) is 58.4 Å². The van der Waals surface area contributed by atoms with E-state index in [0.29, 0.717) is 6.85 Å². The molecule has 2 heterocycles. The zero-order valence-electron chi connectivity index (χ0n) is 22.5. The summed E-state index contributed by atoms with van der Waals surface area (Å²) in [6.45, 7) is 18.9. The van der Waals surface area contributed by atoms with E-state index < -0.39 is 0 Å². The Balaban J connectivity index is 1.97. The number of para-hydroxylation sites is 1. The number of nitrogens with zero attached hydrogens (tertiary/aromatic N) is 2. The van der Waals surface area contributed by atoms with E-state index in [2.05, 4.69) is 114 Å². The van der Waals surface area contributed by atoms with Crippen LogP contribution in [0, 0.1) is 0 Å². The minimum atomic E-state index is 0.0462. The van der Waals surface area contributed by atoms with Crippen molar-refractivity contribution in [1.29, 1.82) is 0 Å². The van der Waals surface area contributed by atoms with Crippen molar-refractivity contribution in [3.05, 3.63) is 65.7 Å². The summed E-state index contributed by atoms with van der Waals surface area (Å²) in [5.41, 5.74) is 7.94. The predicted molar refractivity (Wildman–Crippen MR) is 158 cm³/mol. The smallest absolute Gasteiger partial charge is 0.260 e. The quantitative estimate of drug-likeness (QED) is 0.234. The molecule has 0 unspecified atom stereocenters. The lowest BCUT2D eigenvalue weighted by molar-refractivity contribution is 0.590. The fraction of sp³-hybridized carbons (Fsp3) is 0.387. The minimum absolute atomic E-state index is 0.0462. The van der Waals surface area contributed by atoms with E-state index in [0.717, 1.165) is 23.2 Å². The molecular weight excluding hydrogens is 443 g/mol. The van der Waals surface area contributed by atoms with E-state index in [1.165, 1.54) is 43.2 Å². The first-order valence-electron chi connectivity index (χ1n) is 13.0. The molecule has 2 aromatic heterocycles. The van der Waals surface area contributed by atoms with Gasteiger partial charge in [-0.25, -0.2) is 4.98 Å². The highest BCUT2D eigenvalue weighted by atomic mass is 32.1. The summed E-state index contributed by atoms with van der Waals surface area (Å²) in [7, 11) is 0. The molecule has 5 rings (SSSR count). The van der Waals surface area contributed by atoms with Gasteiger partial charge in [0.15, 0.2) is 0 Å². The Labute approximate surface area is 214 Å². The minimum Gasteiger partial charge on any atom is -0.385 e. The van der Waals surface area contributed by atoms with E-state index in [9.17, 15) is 0 Å². The summed E-state index contributed by atoms with van der Waals surface area (Å²) in [4.78, 5) is 5.14. The second kappa shape index (κ2) is 8.52. The summed E-state index contributed by atoms with van der Waals surface area (Å²) in [6, 6.07) is 20.5. The van der Waals surface area contributed by atoms with Gasteiger partial charge in [-0.3, -0.25) is 0 Å². The van der Waals surface area contributed by atoms with Gasteiger partial charge in [0.1, 0.15) is 5.01 Å². The fourth-order valence-corrected chi connectivity index (χ4v) is 6.25. The summed E-state index contributed by atoms with van der Waals surface area (Å²) < 4.78 is 3.88. The molecule has 0 saturated heterocycles. The molecule has 2 nitrogen and oxygen atoms in total. The third-order valence-electron chi connectivity index (χ3n) is 7.46. The molecule has 35 heavy (non-hydrogen) atoms. The van der Waals surface area contributed by atoms with Crippen LogP contribution in [-0.2, 0) is 10.8 Å². The maximum Gasteiger partial charge on any atom is 0.260 e. The molecule has 0 aliphatic carbocycles. The van der Waals surface area contributed by atoms with Crippen molar-refractivity contribution in [2.45, 2.75) is 78.9 Å². The molecule has 3 aromatic carbocycles. The molecule has 0 bridgehead atoms. The lowest BCUT2D eigenvalue weighted by atomic mass is 9.56. The normalized spacial score (nSPS) is 12.8. The molecule has 0 N–H and O–H groups in total. The van der Waals surface area contributed by atoms with Crippen molar-refractivity contribution < 1.29 is 0 Å². The van der Waals surface area contributed by atoms with Gasteiger partial charge in [0.05, 0.1) is 10.2 Å². The van der Waals surface area contributed by atoms with E-state index in [1.807, 2.05) is 11.3 Å². The molecule has 0 saturated carbocycles. The molecule has 4 heteroatoms. The average Bonchev–Trinajstić information content (AvgIpc) is 3.38. The van der Waals surface area contributed by atoms with Crippen LogP contribution in [0.5, 0.6) is 0 Å². The zero-order valence-corrected chi connectivity index (χ0v) is 23.3. The highest BCUT2D eigenvalue weighted by Gasteiger charge is 2.27. The Hall–Kier alpha value is -2.59. The van der Waals surface area contributed by atoms with Crippen molar-refractivity contribution in [2.75, 3.05) is 0 Å². The molecule has 0 radical (unpaired) electrons. The number of thiazole rings is 1. The lowest BCUT2D eigenvalue weighted by Crippen LogP contribution is -2.22. The summed E-state index contributed by atoms with van der Waals surface area (Å²) in [5.74, 6) is 0. The molecule has 0 aliphatic rings. The molecular formula is C31H37BN2S. The van der Waals surface area contributed by atoms with E-state index in [-0.39, 0.29) is 10.8 Å². The van der Waals surface area contributed by atoms with E-state index >= 15 is 0 Å². The Bertz CT molecular complexity index is 1510.